The number of likely N-dealkylation sites (tertiary alicyclic amines) is 1. The SMILES string of the molecule is CCc1nn2c(C)cc(C)nc2c1Cc1ccc(/C=C/CC2CCN(CCCO)CC2)cc1. The van der Waals surface area contributed by atoms with Gasteiger partial charge in [0.05, 0.1) is 5.69 Å². The molecule has 4 rings (SSSR count). The van der Waals surface area contributed by atoms with Crippen LogP contribution >= 0.6 is 0 Å². The molecule has 0 bridgehead atoms. The van der Waals surface area contributed by atoms with Crippen LogP contribution in [0.15, 0.2) is 36.4 Å². The highest BCUT2D eigenvalue weighted by atomic mass is 16.3. The van der Waals surface area contributed by atoms with E-state index >= 15 is 0 Å². The van der Waals surface area contributed by atoms with E-state index in [1.165, 1.54) is 42.6 Å². The van der Waals surface area contributed by atoms with Crippen molar-refractivity contribution in [2.75, 3.05) is 26.2 Å². The molecule has 1 aliphatic rings. The fourth-order valence-corrected chi connectivity index (χ4v) is 4.96. The molecule has 33 heavy (non-hydrogen) atoms. The Bertz CT molecular complexity index is 1080. The third-order valence-electron chi connectivity index (χ3n) is 6.89. The number of fused-ring (bicyclic) bond motifs is 1. The molecule has 0 unspecified atom stereocenters. The molecule has 2 aromatic heterocycles. The van der Waals surface area contributed by atoms with Gasteiger partial charge < -0.3 is 10.0 Å². The first-order chi connectivity index (χ1) is 16.1. The van der Waals surface area contributed by atoms with Crippen LogP contribution in [-0.4, -0.2) is 50.8 Å². The van der Waals surface area contributed by atoms with Crippen LogP contribution < -0.4 is 0 Å². The normalized spacial score (nSPS) is 15.8. The number of rotatable bonds is 9. The van der Waals surface area contributed by atoms with Crippen molar-refractivity contribution in [3.05, 3.63) is 70.2 Å². The molecular formula is C28H38N4O. The van der Waals surface area contributed by atoms with E-state index in [9.17, 15) is 0 Å². The Morgan fingerprint density at radius 2 is 1.88 bits per heavy atom. The van der Waals surface area contributed by atoms with Crippen molar-refractivity contribution in [2.45, 2.75) is 59.3 Å². The standard InChI is InChI=1S/C28H38N4O/c1-4-27-26(28-29-21(2)19-22(3)32(28)30-27)20-25-11-9-23(10-12-25)7-5-8-24-13-16-31(17-14-24)15-6-18-33/h5,7,9-12,19,24,33H,4,6,8,13-18,20H2,1-3H3/b7-5+. The van der Waals surface area contributed by atoms with E-state index in [4.69, 9.17) is 15.2 Å². The van der Waals surface area contributed by atoms with E-state index in [-0.39, 0.29) is 0 Å². The summed E-state index contributed by atoms with van der Waals surface area (Å²) in [6.07, 6.45) is 11.0. The summed E-state index contributed by atoms with van der Waals surface area (Å²) < 4.78 is 2.00. The first-order valence-electron chi connectivity index (χ1n) is 12.5. The molecule has 3 aromatic rings. The first kappa shape index (κ1) is 23.7. The molecule has 1 saturated heterocycles. The Labute approximate surface area is 198 Å². The Balaban J connectivity index is 1.36. The van der Waals surface area contributed by atoms with Gasteiger partial charge in [-0.1, -0.05) is 43.3 Å². The van der Waals surface area contributed by atoms with Gasteiger partial charge in [0.15, 0.2) is 5.65 Å². The van der Waals surface area contributed by atoms with Gasteiger partial charge >= 0.3 is 0 Å². The number of aliphatic hydroxyl groups excluding tert-OH is 1. The van der Waals surface area contributed by atoms with Crippen LogP contribution in [0.4, 0.5) is 0 Å². The maximum atomic E-state index is 9.00. The number of aliphatic hydroxyl groups is 1. The van der Waals surface area contributed by atoms with Crippen LogP contribution in [0.5, 0.6) is 0 Å². The van der Waals surface area contributed by atoms with Gasteiger partial charge in [-0.3, -0.25) is 0 Å². The number of benzene rings is 1. The third kappa shape index (κ3) is 5.90. The smallest absolute Gasteiger partial charge is 0.159 e. The first-order valence-corrected chi connectivity index (χ1v) is 12.5. The molecule has 0 atom stereocenters. The highest BCUT2D eigenvalue weighted by molar-refractivity contribution is 5.55. The van der Waals surface area contributed by atoms with Gasteiger partial charge in [-0.15, -0.1) is 0 Å². The van der Waals surface area contributed by atoms with Crippen LogP contribution in [0.25, 0.3) is 11.7 Å². The molecule has 0 amide bonds. The van der Waals surface area contributed by atoms with Crippen molar-refractivity contribution in [2.24, 2.45) is 5.92 Å². The highest BCUT2D eigenvalue weighted by Crippen LogP contribution is 2.23. The Kier molecular flexibility index (Phi) is 7.94. The average Bonchev–Trinajstić information content (AvgIpc) is 3.17. The van der Waals surface area contributed by atoms with Crippen molar-refractivity contribution in [3.63, 3.8) is 0 Å². The third-order valence-corrected chi connectivity index (χ3v) is 6.89. The molecule has 1 aromatic carbocycles. The highest BCUT2D eigenvalue weighted by Gasteiger charge is 2.18. The van der Waals surface area contributed by atoms with E-state index in [2.05, 4.69) is 68.2 Å². The Morgan fingerprint density at radius 1 is 1.12 bits per heavy atom. The molecule has 1 aliphatic heterocycles. The van der Waals surface area contributed by atoms with E-state index < -0.39 is 0 Å². The number of allylic oxidation sites excluding steroid dienone is 1. The monoisotopic (exact) mass is 446 g/mol. The van der Waals surface area contributed by atoms with Gasteiger partial charge in [0.2, 0.25) is 0 Å². The fourth-order valence-electron chi connectivity index (χ4n) is 4.96. The van der Waals surface area contributed by atoms with Gasteiger partial charge in [-0.2, -0.15) is 5.10 Å². The van der Waals surface area contributed by atoms with Gasteiger partial charge in [0, 0.05) is 36.5 Å². The predicted molar refractivity (Wildman–Crippen MR) is 136 cm³/mol. The number of aryl methyl sites for hydroxylation is 3. The molecule has 0 radical (unpaired) electrons. The van der Waals surface area contributed by atoms with Crippen LogP contribution in [0.2, 0.25) is 0 Å². The number of nitrogens with zero attached hydrogens (tertiary/aromatic N) is 4. The molecule has 0 saturated carbocycles. The molecule has 1 fully saturated rings. The maximum absolute atomic E-state index is 9.00. The van der Waals surface area contributed by atoms with Crippen LogP contribution in [0, 0.1) is 19.8 Å². The lowest BCUT2D eigenvalue weighted by Crippen LogP contribution is -2.34. The number of hydrogen-bond donors (Lipinski definition) is 1. The predicted octanol–water partition coefficient (Wildman–Crippen LogP) is 5.00. The van der Waals surface area contributed by atoms with Gasteiger partial charge in [0.1, 0.15) is 0 Å². The second-order valence-electron chi connectivity index (χ2n) is 9.47. The molecule has 0 aliphatic carbocycles. The number of piperidine rings is 1. The summed E-state index contributed by atoms with van der Waals surface area (Å²) in [5, 5.41) is 13.8. The summed E-state index contributed by atoms with van der Waals surface area (Å²) in [7, 11) is 0. The van der Waals surface area contributed by atoms with Gasteiger partial charge in [-0.25, -0.2) is 9.50 Å². The lowest BCUT2D eigenvalue weighted by Gasteiger charge is -2.31. The van der Waals surface area contributed by atoms with E-state index in [0.717, 1.165) is 60.9 Å². The van der Waals surface area contributed by atoms with Gasteiger partial charge in [0.25, 0.3) is 0 Å². The fraction of sp³-hybridized carbons (Fsp3) is 0.500. The molecule has 0 spiro atoms. The van der Waals surface area contributed by atoms with Crippen LogP contribution in [0.1, 0.15) is 66.4 Å². The van der Waals surface area contributed by atoms with Crippen molar-refractivity contribution in [1.82, 2.24) is 19.5 Å². The van der Waals surface area contributed by atoms with Gasteiger partial charge in [-0.05, 0) is 82.2 Å². The quantitative estimate of drug-likeness (QED) is 0.503. The zero-order chi connectivity index (χ0) is 23.2. The minimum atomic E-state index is 0.302. The van der Waals surface area contributed by atoms with Crippen molar-refractivity contribution in [1.29, 1.82) is 0 Å². The minimum Gasteiger partial charge on any atom is -0.396 e. The average molecular weight is 447 g/mol. The van der Waals surface area contributed by atoms with Crippen LogP contribution in [0.3, 0.4) is 0 Å². The van der Waals surface area contributed by atoms with E-state index in [0.29, 0.717) is 6.61 Å². The Hall–Kier alpha value is -2.50. The Morgan fingerprint density at radius 3 is 2.58 bits per heavy atom. The topological polar surface area (TPSA) is 53.7 Å². The number of hydrogen-bond acceptors (Lipinski definition) is 4. The summed E-state index contributed by atoms with van der Waals surface area (Å²) in [6, 6.07) is 11.0. The zero-order valence-electron chi connectivity index (χ0n) is 20.4. The molecule has 1 N–H and O–H groups in total. The molecule has 5 nitrogen and oxygen atoms in total. The summed E-state index contributed by atoms with van der Waals surface area (Å²) in [4.78, 5) is 7.29. The second kappa shape index (κ2) is 11.1. The molecular weight excluding hydrogens is 408 g/mol. The molecule has 5 heteroatoms. The molecule has 176 valence electrons. The summed E-state index contributed by atoms with van der Waals surface area (Å²) in [5.41, 5.74) is 8.12. The minimum absolute atomic E-state index is 0.302. The molecule has 3 heterocycles. The lowest BCUT2D eigenvalue weighted by atomic mass is 9.93. The maximum Gasteiger partial charge on any atom is 0.159 e. The van der Waals surface area contributed by atoms with Crippen molar-refractivity contribution < 1.29 is 5.11 Å². The van der Waals surface area contributed by atoms with E-state index in [1.807, 2.05) is 4.52 Å². The summed E-state index contributed by atoms with van der Waals surface area (Å²) in [6.45, 7) is 10.00. The zero-order valence-corrected chi connectivity index (χ0v) is 20.4. The van der Waals surface area contributed by atoms with Crippen molar-refractivity contribution in [3.8, 4) is 0 Å². The largest absolute Gasteiger partial charge is 0.396 e. The summed E-state index contributed by atoms with van der Waals surface area (Å²) in [5.74, 6) is 0.786. The second-order valence-corrected chi connectivity index (χ2v) is 9.47. The number of aromatic nitrogens is 3. The lowest BCUT2D eigenvalue weighted by molar-refractivity contribution is 0.168. The van der Waals surface area contributed by atoms with Crippen LogP contribution in [-0.2, 0) is 12.8 Å². The van der Waals surface area contributed by atoms with Crippen molar-refractivity contribution >= 4 is 11.7 Å². The van der Waals surface area contributed by atoms with E-state index in [1.54, 1.807) is 0 Å². The summed E-state index contributed by atoms with van der Waals surface area (Å²) >= 11 is 0.